The van der Waals surface area contributed by atoms with Crippen molar-refractivity contribution >= 4 is 28.8 Å². The Balaban J connectivity index is 1.77. The van der Waals surface area contributed by atoms with Crippen LogP contribution in [0.4, 0.5) is 5.69 Å². The quantitative estimate of drug-likeness (QED) is 0.808. The first kappa shape index (κ1) is 14.1. The molecule has 3 aromatic rings. The minimum Gasteiger partial charge on any atom is -0.325 e. The molecule has 0 saturated heterocycles. The molecule has 2 aromatic heterocycles. The lowest BCUT2D eigenvalue weighted by Crippen LogP contribution is -2.15. The van der Waals surface area contributed by atoms with E-state index in [1.807, 2.05) is 6.07 Å². The highest BCUT2D eigenvalue weighted by Gasteiger charge is 2.10. The highest BCUT2D eigenvalue weighted by atomic mass is 35.5. The molecular weight excluding hydrogens is 300 g/mol. The Morgan fingerprint density at radius 1 is 1.27 bits per heavy atom. The third-order valence-electron chi connectivity index (χ3n) is 3.13. The van der Waals surface area contributed by atoms with Crippen LogP contribution in [-0.4, -0.2) is 15.3 Å². The van der Waals surface area contributed by atoms with Crippen molar-refractivity contribution in [1.29, 1.82) is 5.26 Å². The monoisotopic (exact) mass is 310 g/mol. The van der Waals surface area contributed by atoms with Crippen LogP contribution in [0.5, 0.6) is 0 Å². The van der Waals surface area contributed by atoms with Gasteiger partial charge < -0.3 is 9.72 Å². The van der Waals surface area contributed by atoms with Crippen LogP contribution in [0, 0.1) is 11.3 Å². The van der Waals surface area contributed by atoms with Gasteiger partial charge in [0.25, 0.3) is 0 Å². The summed E-state index contributed by atoms with van der Waals surface area (Å²) in [6, 6.07) is 12.4. The number of carbonyl (C=O) groups excluding carboxylic acids is 1. The number of imidazole rings is 1. The lowest BCUT2D eigenvalue weighted by atomic mass is 10.2. The van der Waals surface area contributed by atoms with Gasteiger partial charge in [-0.2, -0.15) is 5.26 Å². The van der Waals surface area contributed by atoms with Crippen LogP contribution >= 0.6 is 11.6 Å². The predicted molar refractivity (Wildman–Crippen MR) is 83.7 cm³/mol. The molecule has 2 heterocycles. The van der Waals surface area contributed by atoms with E-state index >= 15 is 0 Å². The molecule has 0 aliphatic rings. The number of hydrogen-bond donors (Lipinski definition) is 1. The summed E-state index contributed by atoms with van der Waals surface area (Å²) in [7, 11) is 0. The highest BCUT2D eigenvalue weighted by molar-refractivity contribution is 6.30. The van der Waals surface area contributed by atoms with Crippen molar-refractivity contribution in [2.75, 3.05) is 5.32 Å². The molecule has 5 nitrogen and oxygen atoms in total. The van der Waals surface area contributed by atoms with Gasteiger partial charge in [-0.15, -0.1) is 0 Å². The standard InChI is InChI=1S/C16H11ClN4O/c17-12-5-6-15-19-13(10-21(15)9-12)7-16(22)20-14-4-2-1-3-11(14)8-18/h1-6,9-10H,7H2,(H,20,22). The number of aromatic nitrogens is 2. The van der Waals surface area contributed by atoms with E-state index in [0.717, 1.165) is 5.65 Å². The van der Waals surface area contributed by atoms with Crippen molar-refractivity contribution in [2.45, 2.75) is 6.42 Å². The van der Waals surface area contributed by atoms with Crippen LogP contribution < -0.4 is 5.32 Å². The Morgan fingerprint density at radius 2 is 2.09 bits per heavy atom. The molecule has 0 unspecified atom stereocenters. The van der Waals surface area contributed by atoms with Crippen molar-refractivity contribution in [2.24, 2.45) is 0 Å². The van der Waals surface area contributed by atoms with Gasteiger partial charge in [-0.3, -0.25) is 4.79 Å². The van der Waals surface area contributed by atoms with E-state index in [1.54, 1.807) is 53.2 Å². The van der Waals surface area contributed by atoms with Gasteiger partial charge in [0.2, 0.25) is 5.91 Å². The van der Waals surface area contributed by atoms with E-state index in [0.29, 0.717) is 22.0 Å². The summed E-state index contributed by atoms with van der Waals surface area (Å²) in [6.45, 7) is 0. The summed E-state index contributed by atoms with van der Waals surface area (Å²) in [5.41, 5.74) is 2.29. The highest BCUT2D eigenvalue weighted by Crippen LogP contribution is 2.15. The van der Waals surface area contributed by atoms with Crippen molar-refractivity contribution in [3.8, 4) is 6.07 Å². The lowest BCUT2D eigenvalue weighted by molar-refractivity contribution is -0.115. The largest absolute Gasteiger partial charge is 0.325 e. The third kappa shape index (κ3) is 2.92. The average molecular weight is 311 g/mol. The molecule has 0 bridgehead atoms. The van der Waals surface area contributed by atoms with Crippen molar-refractivity contribution < 1.29 is 4.79 Å². The zero-order valence-corrected chi connectivity index (χ0v) is 12.2. The second-order valence-electron chi connectivity index (χ2n) is 4.73. The molecule has 0 fully saturated rings. The maximum atomic E-state index is 12.1. The van der Waals surface area contributed by atoms with E-state index < -0.39 is 0 Å². The summed E-state index contributed by atoms with van der Waals surface area (Å²) in [5, 5.41) is 12.3. The molecule has 0 spiro atoms. The number of halogens is 1. The Labute approximate surface area is 131 Å². The fourth-order valence-electron chi connectivity index (χ4n) is 2.15. The number of nitrogens with zero attached hydrogens (tertiary/aromatic N) is 3. The van der Waals surface area contributed by atoms with Crippen LogP contribution in [0.1, 0.15) is 11.3 Å². The molecule has 1 N–H and O–H groups in total. The number of amides is 1. The van der Waals surface area contributed by atoms with Crippen LogP contribution in [-0.2, 0) is 11.2 Å². The zero-order chi connectivity index (χ0) is 15.5. The summed E-state index contributed by atoms with van der Waals surface area (Å²) in [5.74, 6) is -0.225. The summed E-state index contributed by atoms with van der Waals surface area (Å²) < 4.78 is 1.77. The van der Waals surface area contributed by atoms with Gasteiger partial charge in [-0.25, -0.2) is 4.98 Å². The molecule has 0 atom stereocenters. The van der Waals surface area contributed by atoms with Gasteiger partial charge in [-0.1, -0.05) is 23.7 Å². The number of hydrogen-bond acceptors (Lipinski definition) is 3. The number of rotatable bonds is 3. The number of pyridine rings is 1. The van der Waals surface area contributed by atoms with Crippen LogP contribution in [0.15, 0.2) is 48.8 Å². The van der Waals surface area contributed by atoms with Crippen LogP contribution in [0.3, 0.4) is 0 Å². The molecule has 0 aliphatic heterocycles. The molecule has 22 heavy (non-hydrogen) atoms. The Bertz CT molecular complexity index is 895. The molecule has 1 aromatic carbocycles. The van der Waals surface area contributed by atoms with E-state index in [2.05, 4.69) is 10.3 Å². The lowest BCUT2D eigenvalue weighted by Gasteiger charge is -2.05. The molecule has 0 aliphatic carbocycles. The first-order valence-electron chi connectivity index (χ1n) is 6.58. The van der Waals surface area contributed by atoms with Gasteiger partial charge in [0.1, 0.15) is 11.7 Å². The van der Waals surface area contributed by atoms with E-state index in [9.17, 15) is 4.79 Å². The predicted octanol–water partition coefficient (Wildman–Crippen LogP) is 3.04. The second-order valence-corrected chi connectivity index (χ2v) is 5.16. The number of carbonyl (C=O) groups is 1. The summed E-state index contributed by atoms with van der Waals surface area (Å²) >= 11 is 5.92. The maximum Gasteiger partial charge on any atom is 0.230 e. The SMILES string of the molecule is N#Cc1ccccc1NC(=O)Cc1cn2cc(Cl)ccc2n1. The molecule has 108 valence electrons. The third-order valence-corrected chi connectivity index (χ3v) is 3.35. The Morgan fingerprint density at radius 3 is 2.91 bits per heavy atom. The summed E-state index contributed by atoms with van der Waals surface area (Å²) in [6.07, 6.45) is 3.62. The number of benzene rings is 1. The van der Waals surface area contributed by atoms with E-state index in [4.69, 9.17) is 16.9 Å². The Kier molecular flexibility index (Phi) is 3.77. The second kappa shape index (κ2) is 5.88. The molecule has 0 radical (unpaired) electrons. The van der Waals surface area contributed by atoms with Crippen LogP contribution in [0.25, 0.3) is 5.65 Å². The van der Waals surface area contributed by atoms with Gasteiger partial charge in [0.05, 0.1) is 28.4 Å². The zero-order valence-electron chi connectivity index (χ0n) is 11.5. The van der Waals surface area contributed by atoms with E-state index in [-0.39, 0.29) is 12.3 Å². The minimum atomic E-state index is -0.225. The topological polar surface area (TPSA) is 70.2 Å². The normalized spacial score (nSPS) is 10.4. The molecule has 6 heteroatoms. The fraction of sp³-hybridized carbons (Fsp3) is 0.0625. The minimum absolute atomic E-state index is 0.124. The molecule has 0 saturated carbocycles. The number of nitrogens with one attached hydrogen (secondary N) is 1. The van der Waals surface area contributed by atoms with Crippen LogP contribution in [0.2, 0.25) is 5.02 Å². The first-order valence-corrected chi connectivity index (χ1v) is 6.95. The molecule has 1 amide bonds. The maximum absolute atomic E-state index is 12.1. The number of anilines is 1. The van der Waals surface area contributed by atoms with Gasteiger partial charge in [0, 0.05) is 12.4 Å². The van der Waals surface area contributed by atoms with Gasteiger partial charge >= 0.3 is 0 Å². The number of para-hydroxylation sites is 1. The summed E-state index contributed by atoms with van der Waals surface area (Å²) in [4.78, 5) is 16.5. The fourth-order valence-corrected chi connectivity index (χ4v) is 2.32. The van der Waals surface area contributed by atoms with Gasteiger partial charge in [0.15, 0.2) is 0 Å². The van der Waals surface area contributed by atoms with E-state index in [1.165, 1.54) is 0 Å². The van der Waals surface area contributed by atoms with Crippen molar-refractivity contribution in [3.63, 3.8) is 0 Å². The molecular formula is C16H11ClN4O. The first-order chi connectivity index (χ1) is 10.7. The Hall–Kier alpha value is -2.84. The van der Waals surface area contributed by atoms with Gasteiger partial charge in [-0.05, 0) is 24.3 Å². The molecule has 3 rings (SSSR count). The average Bonchev–Trinajstić information content (AvgIpc) is 2.88. The number of nitriles is 1. The van der Waals surface area contributed by atoms with Crippen molar-refractivity contribution in [1.82, 2.24) is 9.38 Å². The smallest absolute Gasteiger partial charge is 0.230 e. The number of fused-ring (bicyclic) bond motifs is 1. The van der Waals surface area contributed by atoms with Crippen molar-refractivity contribution in [3.05, 3.63) is 65.1 Å².